The largest absolute Gasteiger partial charge is 1.00 e. The Morgan fingerprint density at radius 3 is 2.53 bits per heavy atom. The van der Waals surface area contributed by atoms with Gasteiger partial charge in [0.25, 0.3) is 5.92 Å². The van der Waals surface area contributed by atoms with E-state index in [4.69, 9.17) is 0 Å². The molecule has 2 aromatic carbocycles. The van der Waals surface area contributed by atoms with Crippen molar-refractivity contribution in [3.63, 3.8) is 0 Å². The number of allylic oxidation sites excluding steroid dienone is 1. The molecule has 32 heavy (non-hydrogen) atoms. The summed E-state index contributed by atoms with van der Waals surface area (Å²) in [5.74, 6) is -5.62. The van der Waals surface area contributed by atoms with E-state index in [2.05, 4.69) is 10.8 Å². The number of carbonyl (C=O) groups excluding carboxylic acids is 2. The van der Waals surface area contributed by atoms with Crippen LogP contribution in [0, 0.1) is 13.0 Å². The van der Waals surface area contributed by atoms with Crippen molar-refractivity contribution in [2.45, 2.75) is 25.4 Å². The average Bonchev–Trinajstić information content (AvgIpc) is 2.81. The molecule has 0 saturated heterocycles. The Hall–Kier alpha value is -1.42. The molecule has 0 atom stereocenters. The smallest absolute Gasteiger partial charge is 0.466 e. The van der Waals surface area contributed by atoms with Crippen molar-refractivity contribution in [3.05, 3.63) is 70.8 Å². The fraction of sp³-hybridized carbons (Fsp3) is 0.273. The summed E-state index contributed by atoms with van der Waals surface area (Å²) in [5.41, 5.74) is -2.15. The molecule has 10 heteroatoms. The van der Waals surface area contributed by atoms with Gasteiger partial charge < -0.3 is 9.64 Å². The first-order valence-corrected chi connectivity index (χ1v) is 9.14. The number of anilines is 1. The third kappa shape index (κ3) is 5.55. The molecule has 0 spiro atoms. The van der Waals surface area contributed by atoms with Gasteiger partial charge in [0.15, 0.2) is 0 Å². The molecule has 1 heterocycles. The van der Waals surface area contributed by atoms with E-state index < -0.39 is 53.6 Å². The zero-order valence-electron chi connectivity index (χ0n) is 17.5. The molecule has 1 aliphatic heterocycles. The predicted octanol–water partition coefficient (Wildman–Crippen LogP) is 2.06. The molecule has 3 rings (SSSR count). The van der Waals surface area contributed by atoms with Crippen molar-refractivity contribution in [3.8, 4) is 0 Å². The van der Waals surface area contributed by atoms with Gasteiger partial charge >= 0.3 is 70.3 Å². The standard InChI is InChI=1S/C22H17F5NO3.Rb/c1-13-7-8-18-15(11-13)17(12-19(29)31-2)21(23,24)9-10-28(18)20(30)14-5-3-4-6-16(14)22(25,26)27;/h3,5-8,11-12H,9-10H2,1-2H3;/q-1;+1/b17-12-;. The molecule has 0 saturated carbocycles. The molecular weight excluding hydrogens is 507 g/mol. The van der Waals surface area contributed by atoms with Crippen molar-refractivity contribution in [2.24, 2.45) is 0 Å². The average molecular weight is 524 g/mol. The third-order valence-electron chi connectivity index (χ3n) is 4.88. The second-order valence-electron chi connectivity index (χ2n) is 6.98. The first-order valence-electron chi connectivity index (χ1n) is 9.14. The van der Waals surface area contributed by atoms with Gasteiger partial charge in [-0.1, -0.05) is 17.2 Å². The van der Waals surface area contributed by atoms with E-state index in [0.717, 1.165) is 24.1 Å². The van der Waals surface area contributed by atoms with Crippen molar-refractivity contribution in [2.75, 3.05) is 18.6 Å². The molecule has 4 nitrogen and oxygen atoms in total. The van der Waals surface area contributed by atoms with Crippen LogP contribution in [-0.4, -0.2) is 31.5 Å². The molecule has 0 N–H and O–H groups in total. The molecule has 0 aliphatic carbocycles. The van der Waals surface area contributed by atoms with Crippen LogP contribution in [0.4, 0.5) is 27.6 Å². The van der Waals surface area contributed by atoms with Gasteiger partial charge in [0.05, 0.1) is 12.8 Å². The minimum atomic E-state index is -4.83. The maximum atomic E-state index is 14.9. The van der Waals surface area contributed by atoms with E-state index in [-0.39, 0.29) is 69.4 Å². The van der Waals surface area contributed by atoms with Gasteiger partial charge in [-0.2, -0.15) is 37.4 Å². The number of hydrogen-bond donors (Lipinski definition) is 0. The Morgan fingerprint density at radius 2 is 1.91 bits per heavy atom. The number of ether oxygens (including phenoxy) is 1. The monoisotopic (exact) mass is 523 g/mol. The Balaban J connectivity index is 0.00000363. The quantitative estimate of drug-likeness (QED) is 0.262. The summed E-state index contributed by atoms with van der Waals surface area (Å²) in [6.07, 6.45) is -5.08. The van der Waals surface area contributed by atoms with Crippen molar-refractivity contribution < 1.29 is 94.5 Å². The minimum absolute atomic E-state index is 0. The minimum Gasteiger partial charge on any atom is -0.466 e. The second-order valence-corrected chi connectivity index (χ2v) is 6.98. The Morgan fingerprint density at radius 1 is 1.22 bits per heavy atom. The first-order chi connectivity index (χ1) is 14.5. The number of esters is 1. The molecule has 0 fully saturated rings. The van der Waals surface area contributed by atoms with Gasteiger partial charge in [-0.3, -0.25) is 4.79 Å². The second kappa shape index (κ2) is 10.2. The fourth-order valence-electron chi connectivity index (χ4n) is 3.37. The number of methoxy groups -OCH3 is 1. The Labute approximate surface area is 230 Å². The summed E-state index contributed by atoms with van der Waals surface area (Å²) in [7, 11) is 1.03. The molecule has 2 aromatic rings. The van der Waals surface area contributed by atoms with Crippen LogP contribution < -0.4 is 63.1 Å². The van der Waals surface area contributed by atoms with E-state index in [0.29, 0.717) is 17.7 Å². The SMILES string of the molecule is COC(=O)/C=C1/c2cc(C)ccc2N(C(=O)c2cc[c-]cc2C(F)(F)F)CCC1(F)F.[Rb+]. The summed E-state index contributed by atoms with van der Waals surface area (Å²) in [4.78, 5) is 25.7. The number of hydrogen-bond acceptors (Lipinski definition) is 3. The Kier molecular flexibility index (Phi) is 8.58. The number of aryl methyl sites for hydroxylation is 1. The van der Waals surface area contributed by atoms with Gasteiger partial charge in [-0.15, -0.1) is 0 Å². The zero-order valence-corrected chi connectivity index (χ0v) is 22.4. The molecule has 0 aromatic heterocycles. The van der Waals surface area contributed by atoms with Crippen molar-refractivity contribution >= 4 is 23.1 Å². The van der Waals surface area contributed by atoms with Gasteiger partial charge in [-0.25, -0.2) is 13.6 Å². The van der Waals surface area contributed by atoms with E-state index in [1.165, 1.54) is 12.1 Å². The van der Waals surface area contributed by atoms with Crippen LogP contribution >= 0.6 is 0 Å². The zero-order chi connectivity index (χ0) is 23.0. The molecule has 0 unspecified atom stereocenters. The van der Waals surface area contributed by atoms with E-state index in [9.17, 15) is 31.5 Å². The number of carbonyl (C=O) groups is 2. The summed E-state index contributed by atoms with van der Waals surface area (Å²) < 4.78 is 74.6. The maximum absolute atomic E-state index is 14.9. The van der Waals surface area contributed by atoms with Crippen LogP contribution in [0.2, 0.25) is 0 Å². The van der Waals surface area contributed by atoms with Gasteiger partial charge in [0.2, 0.25) is 5.91 Å². The Bertz CT molecular complexity index is 1070. The number of alkyl halides is 5. The number of fused-ring (bicyclic) bond motifs is 1. The van der Waals surface area contributed by atoms with Crippen LogP contribution in [-0.2, 0) is 15.7 Å². The van der Waals surface area contributed by atoms with Crippen molar-refractivity contribution in [1.82, 2.24) is 0 Å². The normalized spacial score (nSPS) is 16.6. The summed E-state index contributed by atoms with van der Waals surface area (Å²) in [6, 6.07) is 9.29. The maximum Gasteiger partial charge on any atom is 1.00 e. The van der Waals surface area contributed by atoms with E-state index >= 15 is 0 Å². The fourth-order valence-corrected chi connectivity index (χ4v) is 3.37. The summed E-state index contributed by atoms with van der Waals surface area (Å²) in [5, 5.41) is 0. The van der Waals surface area contributed by atoms with Crippen LogP contribution in [0.25, 0.3) is 5.57 Å². The number of benzene rings is 2. The topological polar surface area (TPSA) is 46.6 Å². The first kappa shape index (κ1) is 26.8. The van der Waals surface area contributed by atoms with E-state index in [1.807, 2.05) is 0 Å². The summed E-state index contributed by atoms with van der Waals surface area (Å²) in [6.45, 7) is 1.07. The van der Waals surface area contributed by atoms with Crippen LogP contribution in [0.5, 0.6) is 0 Å². The number of halogens is 5. The molecule has 1 aliphatic rings. The van der Waals surface area contributed by atoms with Gasteiger partial charge in [-0.05, 0) is 24.6 Å². The number of rotatable bonds is 2. The summed E-state index contributed by atoms with van der Waals surface area (Å²) >= 11 is 0. The van der Waals surface area contributed by atoms with Gasteiger partial charge in [0.1, 0.15) is 0 Å². The van der Waals surface area contributed by atoms with Crippen molar-refractivity contribution in [1.29, 1.82) is 0 Å². The predicted molar refractivity (Wildman–Crippen MR) is 103 cm³/mol. The molecule has 0 bridgehead atoms. The molecule has 0 radical (unpaired) electrons. The van der Waals surface area contributed by atoms with Crippen LogP contribution in [0.3, 0.4) is 0 Å². The third-order valence-corrected chi connectivity index (χ3v) is 4.88. The van der Waals surface area contributed by atoms with Crippen LogP contribution in [0.1, 0.15) is 33.5 Å². The van der Waals surface area contributed by atoms with Gasteiger partial charge in [0, 0.05) is 30.2 Å². The molecule has 1 amide bonds. The molecule has 164 valence electrons. The van der Waals surface area contributed by atoms with E-state index in [1.54, 1.807) is 13.0 Å². The van der Waals surface area contributed by atoms with Crippen LogP contribution in [0.15, 0.2) is 42.5 Å². The molecular formula is C22H17F5NO3Rb. The number of nitrogens with zero attached hydrogens (tertiary/aromatic N) is 1. The number of amides is 1.